The van der Waals surface area contributed by atoms with E-state index in [2.05, 4.69) is 15.5 Å². The minimum Gasteiger partial charge on any atom is -0.493 e. The number of hydrogen-bond acceptors (Lipinski definition) is 5. The molecule has 1 aliphatic rings. The van der Waals surface area contributed by atoms with Crippen LogP contribution in [0.3, 0.4) is 0 Å². The van der Waals surface area contributed by atoms with E-state index in [-0.39, 0.29) is 17.7 Å². The summed E-state index contributed by atoms with van der Waals surface area (Å²) in [5.41, 5.74) is 0. The monoisotopic (exact) mass is 403 g/mol. The number of para-hydroxylation sites is 1. The normalized spacial score (nSPS) is 14.7. The maximum Gasteiger partial charge on any atom is 0.225 e. The largest absolute Gasteiger partial charge is 0.493 e. The van der Waals surface area contributed by atoms with Gasteiger partial charge in [0.05, 0.1) is 19.6 Å². The van der Waals surface area contributed by atoms with Gasteiger partial charge in [0.25, 0.3) is 0 Å². The molecule has 0 bridgehead atoms. The third kappa shape index (κ3) is 5.19. The smallest absolute Gasteiger partial charge is 0.225 e. The number of nitrogens with one attached hydrogen (secondary N) is 2. The summed E-state index contributed by atoms with van der Waals surface area (Å²) in [5, 5.41) is 9.69. The highest BCUT2D eigenvalue weighted by atomic mass is 32.1. The molecule has 1 saturated heterocycles. The van der Waals surface area contributed by atoms with Crippen molar-refractivity contribution in [1.29, 1.82) is 0 Å². The minimum atomic E-state index is -0.0863. The quantitative estimate of drug-likeness (QED) is 0.688. The standard InChI is InChI=1S/C19H25N5O3S/c1-23-16(21-22-19(23)28)13-20-18(26)14-7-10-24(11-8-14)17(25)9-12-27-15-5-3-2-4-6-15/h2-6,14H,7-13H2,1H3,(H,20,26)(H,22,28). The molecule has 2 N–H and O–H groups in total. The summed E-state index contributed by atoms with van der Waals surface area (Å²) < 4.78 is 7.83. The Morgan fingerprint density at radius 2 is 2.00 bits per heavy atom. The average molecular weight is 404 g/mol. The number of carbonyl (C=O) groups is 2. The van der Waals surface area contributed by atoms with Gasteiger partial charge in [0.2, 0.25) is 11.8 Å². The number of carbonyl (C=O) groups excluding carboxylic acids is 2. The molecule has 0 aliphatic carbocycles. The van der Waals surface area contributed by atoms with Crippen LogP contribution >= 0.6 is 12.2 Å². The molecule has 3 rings (SSSR count). The van der Waals surface area contributed by atoms with E-state index < -0.39 is 0 Å². The van der Waals surface area contributed by atoms with Gasteiger partial charge in [-0.15, -0.1) is 0 Å². The number of H-pyrrole nitrogens is 1. The molecular formula is C19H25N5O3S. The van der Waals surface area contributed by atoms with Gasteiger partial charge in [-0.2, -0.15) is 5.10 Å². The third-order valence-corrected chi connectivity index (χ3v) is 5.30. The Balaban J connectivity index is 1.37. The first-order chi connectivity index (χ1) is 13.5. The van der Waals surface area contributed by atoms with Gasteiger partial charge in [-0.25, -0.2) is 0 Å². The van der Waals surface area contributed by atoms with Crippen molar-refractivity contribution in [1.82, 2.24) is 25.0 Å². The lowest BCUT2D eigenvalue weighted by molar-refractivity contribution is -0.136. The van der Waals surface area contributed by atoms with Crippen LogP contribution in [-0.2, 0) is 23.2 Å². The second-order valence-corrected chi connectivity index (χ2v) is 7.18. The number of benzene rings is 1. The number of ether oxygens (including phenoxy) is 1. The molecule has 2 amide bonds. The summed E-state index contributed by atoms with van der Waals surface area (Å²) in [5.74, 6) is 1.42. The first-order valence-corrected chi connectivity index (χ1v) is 9.79. The van der Waals surface area contributed by atoms with Crippen molar-refractivity contribution in [2.45, 2.75) is 25.8 Å². The number of piperidine rings is 1. The number of amides is 2. The van der Waals surface area contributed by atoms with Crippen LogP contribution < -0.4 is 10.1 Å². The van der Waals surface area contributed by atoms with Gasteiger partial charge in [0.1, 0.15) is 5.75 Å². The zero-order chi connectivity index (χ0) is 19.9. The van der Waals surface area contributed by atoms with E-state index in [1.807, 2.05) is 35.2 Å². The lowest BCUT2D eigenvalue weighted by atomic mass is 9.95. The van der Waals surface area contributed by atoms with E-state index in [0.717, 1.165) is 5.75 Å². The van der Waals surface area contributed by atoms with Gasteiger partial charge in [-0.05, 0) is 37.2 Å². The Kier molecular flexibility index (Phi) is 6.80. The fraction of sp³-hybridized carbons (Fsp3) is 0.474. The zero-order valence-electron chi connectivity index (χ0n) is 15.9. The molecule has 1 aliphatic heterocycles. The Labute approximate surface area is 168 Å². The van der Waals surface area contributed by atoms with Crippen LogP contribution in [0.5, 0.6) is 5.75 Å². The van der Waals surface area contributed by atoms with E-state index in [0.29, 0.717) is 56.1 Å². The molecule has 2 heterocycles. The Hall–Kier alpha value is -2.68. The van der Waals surface area contributed by atoms with Gasteiger partial charge in [-0.3, -0.25) is 14.7 Å². The summed E-state index contributed by atoms with van der Waals surface area (Å²) in [4.78, 5) is 26.5. The SMILES string of the molecule is Cn1c(CNC(=O)C2CCN(C(=O)CCOc3ccccc3)CC2)n[nH]c1=S. The summed E-state index contributed by atoms with van der Waals surface area (Å²) in [7, 11) is 1.80. The minimum absolute atomic E-state index is 0.00608. The molecule has 1 fully saturated rings. The molecule has 2 aromatic rings. The van der Waals surface area contributed by atoms with E-state index in [1.165, 1.54) is 0 Å². The van der Waals surface area contributed by atoms with Crippen molar-refractivity contribution in [3.8, 4) is 5.75 Å². The van der Waals surface area contributed by atoms with Crippen molar-refractivity contribution in [2.75, 3.05) is 19.7 Å². The highest BCUT2D eigenvalue weighted by Gasteiger charge is 2.27. The molecular weight excluding hydrogens is 378 g/mol. The maximum atomic E-state index is 12.4. The Morgan fingerprint density at radius 1 is 1.29 bits per heavy atom. The van der Waals surface area contributed by atoms with Crippen molar-refractivity contribution in [3.63, 3.8) is 0 Å². The van der Waals surface area contributed by atoms with Crippen LogP contribution in [0.25, 0.3) is 0 Å². The summed E-state index contributed by atoms with van der Waals surface area (Å²) in [6.45, 7) is 1.87. The van der Waals surface area contributed by atoms with Crippen molar-refractivity contribution >= 4 is 24.0 Å². The first-order valence-electron chi connectivity index (χ1n) is 9.38. The number of rotatable bonds is 7. The maximum absolute atomic E-state index is 12.4. The van der Waals surface area contributed by atoms with Crippen LogP contribution in [0.2, 0.25) is 0 Å². The summed E-state index contributed by atoms with van der Waals surface area (Å²) in [6.07, 6.45) is 1.66. The molecule has 8 nitrogen and oxygen atoms in total. The summed E-state index contributed by atoms with van der Waals surface area (Å²) in [6, 6.07) is 9.45. The molecule has 9 heteroatoms. The predicted octanol–water partition coefficient (Wildman–Crippen LogP) is 1.80. The van der Waals surface area contributed by atoms with E-state index in [1.54, 1.807) is 11.6 Å². The van der Waals surface area contributed by atoms with E-state index >= 15 is 0 Å². The molecule has 28 heavy (non-hydrogen) atoms. The third-order valence-electron chi connectivity index (χ3n) is 4.94. The molecule has 1 aromatic carbocycles. The van der Waals surface area contributed by atoms with Gasteiger partial charge >= 0.3 is 0 Å². The molecule has 0 saturated carbocycles. The van der Waals surface area contributed by atoms with Crippen LogP contribution in [0.4, 0.5) is 0 Å². The zero-order valence-corrected chi connectivity index (χ0v) is 16.7. The number of aromatic nitrogens is 3. The van der Waals surface area contributed by atoms with Crippen LogP contribution in [0.15, 0.2) is 30.3 Å². The molecule has 0 radical (unpaired) electrons. The van der Waals surface area contributed by atoms with E-state index in [9.17, 15) is 9.59 Å². The second-order valence-electron chi connectivity index (χ2n) is 6.79. The molecule has 150 valence electrons. The lowest BCUT2D eigenvalue weighted by Crippen LogP contribution is -2.43. The predicted molar refractivity (Wildman–Crippen MR) is 106 cm³/mol. The topological polar surface area (TPSA) is 92.2 Å². The Bertz CT molecular complexity index is 856. The molecule has 1 aromatic heterocycles. The number of nitrogens with zero attached hydrogens (tertiary/aromatic N) is 3. The first kappa shape index (κ1) is 20.1. The molecule has 0 atom stereocenters. The van der Waals surface area contributed by atoms with Gasteiger partial charge in [0.15, 0.2) is 10.6 Å². The van der Waals surface area contributed by atoms with Gasteiger partial charge < -0.3 is 19.5 Å². The fourth-order valence-electron chi connectivity index (χ4n) is 3.17. The second kappa shape index (κ2) is 9.50. The Morgan fingerprint density at radius 3 is 2.64 bits per heavy atom. The number of aromatic amines is 1. The average Bonchev–Trinajstić information content (AvgIpc) is 3.05. The lowest BCUT2D eigenvalue weighted by Gasteiger charge is -2.31. The molecule has 0 unspecified atom stereocenters. The van der Waals surface area contributed by atoms with Crippen LogP contribution in [0, 0.1) is 10.7 Å². The van der Waals surface area contributed by atoms with E-state index in [4.69, 9.17) is 17.0 Å². The van der Waals surface area contributed by atoms with Crippen molar-refractivity contribution in [2.24, 2.45) is 13.0 Å². The van der Waals surface area contributed by atoms with Gasteiger partial charge in [0, 0.05) is 26.1 Å². The van der Waals surface area contributed by atoms with Crippen molar-refractivity contribution < 1.29 is 14.3 Å². The highest BCUT2D eigenvalue weighted by molar-refractivity contribution is 7.71. The highest BCUT2D eigenvalue weighted by Crippen LogP contribution is 2.18. The van der Waals surface area contributed by atoms with Crippen LogP contribution in [-0.4, -0.2) is 51.2 Å². The fourth-order valence-corrected chi connectivity index (χ4v) is 3.32. The number of hydrogen-bond donors (Lipinski definition) is 2. The van der Waals surface area contributed by atoms with Crippen molar-refractivity contribution in [3.05, 3.63) is 40.9 Å². The molecule has 0 spiro atoms. The van der Waals surface area contributed by atoms with Gasteiger partial charge in [-0.1, -0.05) is 18.2 Å². The van der Waals surface area contributed by atoms with Crippen LogP contribution in [0.1, 0.15) is 25.1 Å². The number of likely N-dealkylation sites (tertiary alicyclic amines) is 1. The summed E-state index contributed by atoms with van der Waals surface area (Å²) >= 11 is 5.06.